The summed E-state index contributed by atoms with van der Waals surface area (Å²) in [5.74, 6) is -0.459. The molecule has 6 aromatic rings. The van der Waals surface area contributed by atoms with Crippen LogP contribution in [0.4, 0.5) is 5.69 Å². The Balaban J connectivity index is 1.22. The van der Waals surface area contributed by atoms with Gasteiger partial charge < -0.3 is 33.4 Å². The molecule has 316 valence electrons. The highest BCUT2D eigenvalue weighted by Crippen LogP contribution is 2.46. The standard InChI is InChI=1S/C46H52Cl2N6O6/c1-26-19-33(20-27(2)41(26)48)60-15-8-9-34-35-10-11-36(47)40(39-29(4)49-51(7)30(39)5)43(35)54-28(3)24-53(45(55)44(34)54)37-22-31(25-59-18-14-52-12-16-58-17-13-52)21-32-23-38(46(56)57)50(6)42(32)37/h10-11,19-23,28H,8-9,12-18,24-25H2,1-7H3,(H,56,57). The van der Waals surface area contributed by atoms with Gasteiger partial charge >= 0.3 is 5.97 Å². The Morgan fingerprint density at radius 2 is 1.70 bits per heavy atom. The van der Waals surface area contributed by atoms with Crippen molar-refractivity contribution in [3.63, 3.8) is 0 Å². The van der Waals surface area contributed by atoms with Crippen molar-refractivity contribution in [3.05, 3.63) is 97.5 Å². The number of aryl methyl sites for hydroxylation is 6. The number of halogens is 2. The fourth-order valence-electron chi connectivity index (χ4n) is 9.18. The van der Waals surface area contributed by atoms with Gasteiger partial charge in [-0.3, -0.25) is 14.4 Å². The molecule has 5 heterocycles. The number of hydrogen-bond acceptors (Lipinski definition) is 7. The van der Waals surface area contributed by atoms with Crippen LogP contribution in [0.3, 0.4) is 0 Å². The van der Waals surface area contributed by atoms with Crippen molar-refractivity contribution in [2.45, 2.75) is 60.1 Å². The van der Waals surface area contributed by atoms with Crippen LogP contribution in [0.1, 0.15) is 74.0 Å². The minimum atomic E-state index is -1.04. The molecule has 12 nitrogen and oxygen atoms in total. The second-order valence-corrected chi connectivity index (χ2v) is 17.0. The van der Waals surface area contributed by atoms with Crippen molar-refractivity contribution in [1.29, 1.82) is 0 Å². The van der Waals surface area contributed by atoms with E-state index < -0.39 is 5.97 Å². The van der Waals surface area contributed by atoms with Gasteiger partial charge in [0.1, 0.15) is 17.1 Å². The number of aromatic nitrogens is 4. The average molecular weight is 856 g/mol. The minimum Gasteiger partial charge on any atom is -0.494 e. The lowest BCUT2D eigenvalue weighted by Crippen LogP contribution is -2.43. The normalized spacial score (nSPS) is 16.1. The zero-order valence-corrected chi connectivity index (χ0v) is 36.8. The molecule has 14 heteroatoms. The quantitative estimate of drug-likeness (QED) is 0.115. The van der Waals surface area contributed by atoms with E-state index in [2.05, 4.69) is 16.4 Å². The lowest BCUT2D eigenvalue weighted by atomic mass is 9.98. The van der Waals surface area contributed by atoms with Gasteiger partial charge in [0.05, 0.1) is 60.5 Å². The third-order valence-electron chi connectivity index (χ3n) is 12.2. The summed E-state index contributed by atoms with van der Waals surface area (Å²) in [6.45, 7) is 15.7. The number of rotatable bonds is 13. The first-order valence-electron chi connectivity index (χ1n) is 20.6. The van der Waals surface area contributed by atoms with Crippen molar-refractivity contribution >= 4 is 62.6 Å². The highest BCUT2D eigenvalue weighted by molar-refractivity contribution is 6.35. The van der Waals surface area contributed by atoms with Gasteiger partial charge in [0, 0.05) is 78.9 Å². The number of nitrogens with zero attached hydrogens (tertiary/aromatic N) is 6. The summed E-state index contributed by atoms with van der Waals surface area (Å²) in [4.78, 5) is 32.1. The number of carbonyl (C=O) groups excluding carboxylic acids is 1. The minimum absolute atomic E-state index is 0.136. The summed E-state index contributed by atoms with van der Waals surface area (Å²) < 4.78 is 23.7. The molecule has 0 aliphatic carbocycles. The van der Waals surface area contributed by atoms with E-state index in [0.717, 1.165) is 105 Å². The number of ether oxygens (including phenoxy) is 3. The molecule has 0 radical (unpaired) electrons. The van der Waals surface area contributed by atoms with Gasteiger partial charge in [0.15, 0.2) is 0 Å². The van der Waals surface area contributed by atoms with Crippen LogP contribution in [0.25, 0.3) is 32.9 Å². The van der Waals surface area contributed by atoms with Crippen molar-refractivity contribution in [2.24, 2.45) is 14.1 Å². The Hall–Kier alpha value is -4.85. The van der Waals surface area contributed by atoms with E-state index in [0.29, 0.717) is 61.1 Å². The zero-order valence-electron chi connectivity index (χ0n) is 35.3. The van der Waals surface area contributed by atoms with Crippen molar-refractivity contribution < 1.29 is 28.9 Å². The Morgan fingerprint density at radius 1 is 0.967 bits per heavy atom. The van der Waals surface area contributed by atoms with Crippen molar-refractivity contribution in [2.75, 3.05) is 57.5 Å². The maximum atomic E-state index is 15.5. The van der Waals surface area contributed by atoms with E-state index >= 15 is 4.79 Å². The van der Waals surface area contributed by atoms with Gasteiger partial charge in [-0.15, -0.1) is 0 Å². The number of aromatic carboxylic acids is 1. The van der Waals surface area contributed by atoms with Crippen LogP contribution in [0.2, 0.25) is 10.0 Å². The maximum absolute atomic E-state index is 15.5. The number of carboxylic acid groups (broad SMARTS) is 1. The van der Waals surface area contributed by atoms with Crippen LogP contribution in [0.5, 0.6) is 5.75 Å². The third kappa shape index (κ3) is 7.57. The number of anilines is 1. The number of hydrogen-bond donors (Lipinski definition) is 1. The number of carbonyl (C=O) groups is 2. The molecule has 60 heavy (non-hydrogen) atoms. The number of carboxylic acids is 1. The summed E-state index contributed by atoms with van der Waals surface area (Å²) in [6, 6.07) is 13.3. The number of morpholine rings is 1. The molecule has 1 fully saturated rings. The molecular formula is C46H52Cl2N6O6. The Morgan fingerprint density at radius 3 is 2.38 bits per heavy atom. The van der Waals surface area contributed by atoms with Gasteiger partial charge in [0.2, 0.25) is 0 Å². The first-order valence-corrected chi connectivity index (χ1v) is 21.3. The highest BCUT2D eigenvalue weighted by Gasteiger charge is 2.38. The van der Waals surface area contributed by atoms with Crippen LogP contribution in [0, 0.1) is 27.7 Å². The van der Waals surface area contributed by atoms with Crippen LogP contribution < -0.4 is 9.64 Å². The molecule has 8 rings (SSSR count). The molecule has 2 aliphatic heterocycles. The van der Waals surface area contributed by atoms with E-state index in [4.69, 9.17) is 42.5 Å². The SMILES string of the molecule is Cc1cc(OCCCc2c3n(c4c(-c5c(C)nn(C)c5C)c(Cl)ccc24)C(C)CN(c2cc(COCCN4CCOCC4)cc4cc(C(=O)O)n(C)c24)C3=O)cc(C)c1Cl. The Kier molecular flexibility index (Phi) is 11.8. The van der Waals surface area contributed by atoms with Crippen LogP contribution in [0.15, 0.2) is 42.5 Å². The molecular weight excluding hydrogens is 803 g/mol. The van der Waals surface area contributed by atoms with Gasteiger partial charge in [-0.25, -0.2) is 4.79 Å². The first kappa shape index (κ1) is 41.9. The summed E-state index contributed by atoms with van der Waals surface area (Å²) in [5, 5.41) is 17.9. The molecule has 3 aromatic carbocycles. The Bertz CT molecular complexity index is 2630. The molecule has 1 unspecified atom stereocenters. The van der Waals surface area contributed by atoms with Gasteiger partial charge in [-0.1, -0.05) is 29.3 Å². The van der Waals surface area contributed by atoms with Crippen LogP contribution in [-0.2, 0) is 36.6 Å². The lowest BCUT2D eigenvalue weighted by Gasteiger charge is -2.35. The Labute approximate surface area is 360 Å². The predicted octanol–water partition coefficient (Wildman–Crippen LogP) is 8.85. The number of amides is 1. The zero-order chi connectivity index (χ0) is 42.6. The number of benzene rings is 3. The predicted molar refractivity (Wildman–Crippen MR) is 237 cm³/mol. The molecule has 0 saturated carbocycles. The summed E-state index contributed by atoms with van der Waals surface area (Å²) in [5.41, 5.74) is 10.2. The average Bonchev–Trinajstić information content (AvgIpc) is 3.83. The number of fused-ring (bicyclic) bond motifs is 4. The third-order valence-corrected chi connectivity index (χ3v) is 13.1. The van der Waals surface area contributed by atoms with E-state index in [1.54, 1.807) is 17.7 Å². The molecule has 0 bridgehead atoms. The summed E-state index contributed by atoms with van der Waals surface area (Å²) >= 11 is 13.6. The van der Waals surface area contributed by atoms with E-state index in [1.165, 1.54) is 0 Å². The van der Waals surface area contributed by atoms with Crippen LogP contribution in [-0.4, -0.2) is 93.4 Å². The fraction of sp³-hybridized carbons (Fsp3) is 0.413. The molecule has 1 atom stereocenters. The molecule has 2 aliphatic rings. The lowest BCUT2D eigenvalue weighted by molar-refractivity contribution is 0.0180. The smallest absolute Gasteiger partial charge is 0.352 e. The summed E-state index contributed by atoms with van der Waals surface area (Å²) in [6.07, 6.45) is 1.20. The van der Waals surface area contributed by atoms with Gasteiger partial charge in [-0.2, -0.15) is 5.10 Å². The van der Waals surface area contributed by atoms with E-state index in [1.807, 2.05) is 80.7 Å². The van der Waals surface area contributed by atoms with Crippen molar-refractivity contribution in [3.8, 4) is 16.9 Å². The van der Waals surface area contributed by atoms with Crippen LogP contribution >= 0.6 is 23.2 Å². The maximum Gasteiger partial charge on any atom is 0.352 e. The van der Waals surface area contributed by atoms with Crippen molar-refractivity contribution in [1.82, 2.24) is 23.8 Å². The largest absolute Gasteiger partial charge is 0.494 e. The fourth-order valence-corrected chi connectivity index (χ4v) is 9.54. The molecule has 1 amide bonds. The molecule has 1 saturated heterocycles. The first-order chi connectivity index (χ1) is 28.7. The van der Waals surface area contributed by atoms with E-state index in [9.17, 15) is 9.90 Å². The topological polar surface area (TPSA) is 116 Å². The van der Waals surface area contributed by atoms with Gasteiger partial charge in [-0.05, 0) is 106 Å². The molecule has 0 spiro atoms. The van der Waals surface area contributed by atoms with E-state index in [-0.39, 0.29) is 17.6 Å². The summed E-state index contributed by atoms with van der Waals surface area (Å²) in [7, 11) is 3.67. The second-order valence-electron chi connectivity index (χ2n) is 16.2. The molecule has 1 N–H and O–H groups in total. The second kappa shape index (κ2) is 16.9. The van der Waals surface area contributed by atoms with Gasteiger partial charge in [0.25, 0.3) is 5.91 Å². The monoisotopic (exact) mass is 854 g/mol. The highest BCUT2D eigenvalue weighted by atomic mass is 35.5. The molecule has 3 aromatic heterocycles.